The summed E-state index contributed by atoms with van der Waals surface area (Å²) in [5.74, 6) is 0.428. The molecule has 3 aromatic carbocycles. The molecule has 0 spiro atoms. The van der Waals surface area contributed by atoms with E-state index in [-0.39, 0.29) is 5.41 Å². The third kappa shape index (κ3) is 5.06. The summed E-state index contributed by atoms with van der Waals surface area (Å²) in [4.78, 5) is 2.56. The molecule has 140 valence electrons. The Labute approximate surface area is 165 Å². The van der Waals surface area contributed by atoms with Crippen LogP contribution in [0.1, 0.15) is 26.3 Å². The van der Waals surface area contributed by atoms with Crippen LogP contribution >= 0.6 is 7.92 Å². The molecule has 0 N–H and O–H groups in total. The van der Waals surface area contributed by atoms with Gasteiger partial charge in [-0.1, -0.05) is 112 Å². The summed E-state index contributed by atoms with van der Waals surface area (Å²) in [6.45, 7) is 8.09. The van der Waals surface area contributed by atoms with E-state index in [0.29, 0.717) is 5.78 Å². The molecule has 2 heteroatoms. The first-order chi connectivity index (χ1) is 13.0. The van der Waals surface area contributed by atoms with Crippen molar-refractivity contribution in [2.24, 2.45) is 5.41 Å². The maximum atomic E-state index is 2.56. The van der Waals surface area contributed by atoms with Crippen LogP contribution in [0.25, 0.3) is 0 Å². The highest BCUT2D eigenvalue weighted by atomic mass is 31.1. The van der Waals surface area contributed by atoms with Crippen molar-refractivity contribution in [1.82, 2.24) is 4.90 Å². The van der Waals surface area contributed by atoms with Gasteiger partial charge in [-0.25, -0.2) is 0 Å². The zero-order chi connectivity index (χ0) is 19.3. The second kappa shape index (κ2) is 8.83. The van der Waals surface area contributed by atoms with Crippen LogP contribution in [0, 0.1) is 5.41 Å². The fourth-order valence-electron chi connectivity index (χ4n) is 3.81. The lowest BCUT2D eigenvalue weighted by Gasteiger charge is -2.44. The lowest BCUT2D eigenvalue weighted by molar-refractivity contribution is 0.188. The maximum Gasteiger partial charge on any atom is 0.0427 e. The smallest absolute Gasteiger partial charge is 0.0427 e. The third-order valence-corrected chi connectivity index (χ3v) is 8.15. The Morgan fingerprint density at radius 2 is 1.11 bits per heavy atom. The van der Waals surface area contributed by atoms with E-state index in [1.807, 2.05) is 0 Å². The molecule has 0 radical (unpaired) electrons. The molecule has 1 atom stereocenters. The quantitative estimate of drug-likeness (QED) is 0.505. The molecule has 0 saturated heterocycles. The van der Waals surface area contributed by atoms with Gasteiger partial charge in [0.25, 0.3) is 0 Å². The first kappa shape index (κ1) is 19.8. The predicted molar refractivity (Wildman–Crippen MR) is 120 cm³/mol. The van der Waals surface area contributed by atoms with Crippen LogP contribution in [0.5, 0.6) is 0 Å². The van der Waals surface area contributed by atoms with Gasteiger partial charge in [0.05, 0.1) is 0 Å². The van der Waals surface area contributed by atoms with Gasteiger partial charge >= 0.3 is 0 Å². The van der Waals surface area contributed by atoms with E-state index in [0.717, 1.165) is 6.54 Å². The van der Waals surface area contributed by atoms with Gasteiger partial charge in [0, 0.05) is 12.3 Å². The van der Waals surface area contributed by atoms with Crippen molar-refractivity contribution in [3.63, 3.8) is 0 Å². The minimum atomic E-state index is -0.512. The van der Waals surface area contributed by atoms with Gasteiger partial charge in [-0.15, -0.1) is 0 Å². The van der Waals surface area contributed by atoms with E-state index in [4.69, 9.17) is 0 Å². The summed E-state index contributed by atoms with van der Waals surface area (Å²) < 4.78 is 0. The van der Waals surface area contributed by atoms with Crippen LogP contribution in [-0.2, 0) is 6.54 Å². The highest BCUT2D eigenvalue weighted by Gasteiger charge is 2.36. The second-order valence-electron chi connectivity index (χ2n) is 8.18. The van der Waals surface area contributed by atoms with Gasteiger partial charge in [-0.3, -0.25) is 4.90 Å². The van der Waals surface area contributed by atoms with Crippen molar-refractivity contribution in [1.29, 1.82) is 0 Å². The van der Waals surface area contributed by atoms with E-state index in [2.05, 4.69) is 124 Å². The lowest BCUT2D eigenvalue weighted by Crippen LogP contribution is -2.43. The summed E-state index contributed by atoms with van der Waals surface area (Å²) in [7, 11) is 1.77. The Balaban J connectivity index is 2.04. The lowest BCUT2D eigenvalue weighted by atomic mass is 9.95. The van der Waals surface area contributed by atoms with E-state index in [9.17, 15) is 0 Å². The molecule has 0 amide bonds. The Morgan fingerprint density at radius 3 is 1.52 bits per heavy atom. The van der Waals surface area contributed by atoms with Gasteiger partial charge in [-0.2, -0.15) is 0 Å². The van der Waals surface area contributed by atoms with Gasteiger partial charge < -0.3 is 0 Å². The van der Waals surface area contributed by atoms with Crippen molar-refractivity contribution in [2.45, 2.75) is 33.1 Å². The number of rotatable bonds is 6. The molecule has 3 rings (SSSR count). The Kier molecular flexibility index (Phi) is 6.47. The van der Waals surface area contributed by atoms with Gasteiger partial charge in [0.1, 0.15) is 0 Å². The molecular formula is C25H30NP. The molecule has 1 unspecified atom stereocenters. The van der Waals surface area contributed by atoms with Crippen LogP contribution in [0.2, 0.25) is 0 Å². The largest absolute Gasteiger partial charge is 0.294 e. The molecule has 0 bridgehead atoms. The average Bonchev–Trinajstić information content (AvgIpc) is 2.67. The highest BCUT2D eigenvalue weighted by molar-refractivity contribution is 7.73. The normalized spacial score (nSPS) is 13.1. The second-order valence-corrected chi connectivity index (χ2v) is 10.4. The summed E-state index contributed by atoms with van der Waals surface area (Å²) in [6, 6.07) is 32.9. The first-order valence-electron chi connectivity index (χ1n) is 9.60. The Bertz CT molecular complexity index is 770. The molecule has 0 heterocycles. The van der Waals surface area contributed by atoms with E-state index >= 15 is 0 Å². The molecule has 0 aliphatic rings. The SMILES string of the molecule is CN(Cc1ccccc1)C(P(c1ccccc1)c1ccccc1)C(C)(C)C. The first-order valence-corrected chi connectivity index (χ1v) is 11.0. The topological polar surface area (TPSA) is 3.24 Å². The van der Waals surface area contributed by atoms with Crippen LogP contribution in [0.4, 0.5) is 0 Å². The zero-order valence-electron chi connectivity index (χ0n) is 16.8. The molecule has 0 fully saturated rings. The fourth-order valence-corrected chi connectivity index (χ4v) is 6.91. The molecule has 0 aliphatic carbocycles. The van der Waals surface area contributed by atoms with Crippen molar-refractivity contribution < 1.29 is 0 Å². The minimum Gasteiger partial charge on any atom is -0.294 e. The molecule has 0 saturated carbocycles. The Morgan fingerprint density at radius 1 is 0.704 bits per heavy atom. The summed E-state index contributed by atoms with van der Waals surface area (Å²) in [6.07, 6.45) is 0. The van der Waals surface area contributed by atoms with Crippen LogP contribution in [-0.4, -0.2) is 17.7 Å². The molecule has 0 aliphatic heterocycles. The average molecular weight is 375 g/mol. The maximum absolute atomic E-state index is 2.56. The van der Waals surface area contributed by atoms with E-state index < -0.39 is 7.92 Å². The number of nitrogens with zero attached hydrogens (tertiary/aromatic N) is 1. The van der Waals surface area contributed by atoms with Gasteiger partial charge in [0.15, 0.2) is 0 Å². The third-order valence-electron chi connectivity index (χ3n) is 4.78. The molecule has 3 aromatic rings. The molecule has 1 nitrogen and oxygen atoms in total. The van der Waals surface area contributed by atoms with Crippen LogP contribution in [0.3, 0.4) is 0 Å². The van der Waals surface area contributed by atoms with Crippen molar-refractivity contribution >= 4 is 18.5 Å². The minimum absolute atomic E-state index is 0.154. The Hall–Kier alpha value is -1.95. The zero-order valence-corrected chi connectivity index (χ0v) is 17.7. The summed E-state index contributed by atoms with van der Waals surface area (Å²) in [5.41, 5.74) is 1.52. The van der Waals surface area contributed by atoms with Crippen molar-refractivity contribution in [2.75, 3.05) is 7.05 Å². The van der Waals surface area contributed by atoms with Crippen LogP contribution in [0.15, 0.2) is 91.0 Å². The van der Waals surface area contributed by atoms with Gasteiger partial charge in [0.2, 0.25) is 0 Å². The molecule has 0 aromatic heterocycles. The van der Waals surface area contributed by atoms with Crippen molar-refractivity contribution in [3.8, 4) is 0 Å². The van der Waals surface area contributed by atoms with E-state index in [1.165, 1.54) is 16.2 Å². The molecule has 27 heavy (non-hydrogen) atoms. The molecular weight excluding hydrogens is 345 g/mol. The standard InChI is InChI=1S/C25H30NP/c1-25(2,3)24(26(4)20-21-14-8-5-9-15-21)27(22-16-10-6-11-17-22)23-18-12-7-13-19-23/h5-19,24H,20H2,1-4H3. The van der Waals surface area contributed by atoms with Crippen LogP contribution < -0.4 is 10.6 Å². The number of hydrogen-bond acceptors (Lipinski definition) is 1. The monoisotopic (exact) mass is 375 g/mol. The highest BCUT2D eigenvalue weighted by Crippen LogP contribution is 2.49. The number of hydrogen-bond donors (Lipinski definition) is 0. The predicted octanol–water partition coefficient (Wildman–Crippen LogP) is 5.62. The fraction of sp³-hybridized carbons (Fsp3) is 0.280. The summed E-state index contributed by atoms with van der Waals surface area (Å²) in [5, 5.41) is 2.89. The van der Waals surface area contributed by atoms with Crippen molar-refractivity contribution in [3.05, 3.63) is 96.6 Å². The van der Waals surface area contributed by atoms with Gasteiger partial charge in [-0.05, 0) is 36.6 Å². The summed E-state index contributed by atoms with van der Waals surface area (Å²) >= 11 is 0. The van der Waals surface area contributed by atoms with E-state index in [1.54, 1.807) is 0 Å². The number of benzene rings is 3.